The van der Waals surface area contributed by atoms with Crippen molar-refractivity contribution >= 4 is 0 Å². The van der Waals surface area contributed by atoms with Crippen LogP contribution in [0.1, 0.15) is 41.5 Å². The van der Waals surface area contributed by atoms with Crippen LogP contribution in [0.4, 0.5) is 0 Å². The summed E-state index contributed by atoms with van der Waals surface area (Å²) >= 11 is 0. The van der Waals surface area contributed by atoms with Gasteiger partial charge in [0.1, 0.15) is 5.76 Å². The Kier molecular flexibility index (Phi) is 2.96. The lowest BCUT2D eigenvalue weighted by molar-refractivity contribution is -0.113. The first-order chi connectivity index (χ1) is 6.21. The molecule has 0 aromatic rings. The van der Waals surface area contributed by atoms with Gasteiger partial charge in [0.05, 0.1) is 6.10 Å². The quantitative estimate of drug-likeness (QED) is 0.594. The lowest BCUT2D eigenvalue weighted by atomic mass is 9.85. The Morgan fingerprint density at radius 2 is 1.71 bits per heavy atom. The zero-order chi connectivity index (χ0) is 11.0. The Balaban J connectivity index is 2.85. The topological polar surface area (TPSA) is 18.5 Å². The summed E-state index contributed by atoms with van der Waals surface area (Å²) in [5.41, 5.74) is 0.216. The first kappa shape index (κ1) is 11.6. The molecule has 0 fully saturated rings. The van der Waals surface area contributed by atoms with Gasteiger partial charge in [-0.15, -0.1) is 0 Å². The molecular weight excluding hydrogens is 176 g/mol. The fourth-order valence-electron chi connectivity index (χ4n) is 1.37. The molecule has 14 heavy (non-hydrogen) atoms. The van der Waals surface area contributed by atoms with Crippen LogP contribution in [0.25, 0.3) is 0 Å². The van der Waals surface area contributed by atoms with Crippen LogP contribution in [0.2, 0.25) is 0 Å². The molecule has 0 saturated heterocycles. The predicted octanol–water partition coefficient (Wildman–Crippen LogP) is 3.34. The molecular formula is C12H22O2. The maximum atomic E-state index is 5.57. The van der Waals surface area contributed by atoms with Crippen LogP contribution < -0.4 is 0 Å². The highest BCUT2D eigenvalue weighted by Crippen LogP contribution is 2.34. The molecule has 0 saturated carbocycles. The highest BCUT2D eigenvalue weighted by molar-refractivity contribution is 5.09. The molecule has 0 aromatic carbocycles. The molecule has 0 aromatic heterocycles. The highest BCUT2D eigenvalue weighted by atomic mass is 16.7. The zero-order valence-corrected chi connectivity index (χ0v) is 10.2. The monoisotopic (exact) mass is 198 g/mol. The fourth-order valence-corrected chi connectivity index (χ4v) is 1.37. The number of hydrogen-bond donors (Lipinski definition) is 0. The number of hydrogen-bond acceptors (Lipinski definition) is 2. The Morgan fingerprint density at radius 3 is 2.14 bits per heavy atom. The van der Waals surface area contributed by atoms with Crippen molar-refractivity contribution in [1.29, 1.82) is 0 Å². The predicted molar refractivity (Wildman–Crippen MR) is 57.8 cm³/mol. The third kappa shape index (κ3) is 2.74. The van der Waals surface area contributed by atoms with Gasteiger partial charge >= 0.3 is 0 Å². The summed E-state index contributed by atoms with van der Waals surface area (Å²) in [7, 11) is 0. The molecule has 1 rings (SSSR count). The van der Waals surface area contributed by atoms with E-state index in [4.69, 9.17) is 9.47 Å². The third-order valence-corrected chi connectivity index (χ3v) is 2.36. The van der Waals surface area contributed by atoms with Crippen LogP contribution in [0, 0.1) is 10.8 Å². The number of rotatable bonds is 0. The minimum absolute atomic E-state index is 0.0767. The van der Waals surface area contributed by atoms with Crippen LogP contribution in [-0.4, -0.2) is 12.9 Å². The van der Waals surface area contributed by atoms with E-state index in [0.29, 0.717) is 6.79 Å². The normalized spacial score (nSPS) is 24.1. The van der Waals surface area contributed by atoms with Crippen molar-refractivity contribution in [3.63, 3.8) is 0 Å². The molecule has 1 aliphatic heterocycles. The summed E-state index contributed by atoms with van der Waals surface area (Å²) in [4.78, 5) is 0. The molecule has 1 atom stereocenters. The standard InChI is InChI=1S/C12H22O2/c1-11(2,3)9-7-10(12(4,5)6)14-8-13-9/h7,9H,8H2,1-6H3. The van der Waals surface area contributed by atoms with Gasteiger partial charge in [-0.25, -0.2) is 0 Å². The lowest BCUT2D eigenvalue weighted by Crippen LogP contribution is -2.33. The summed E-state index contributed by atoms with van der Waals surface area (Å²) in [5.74, 6) is 1.05. The lowest BCUT2D eigenvalue weighted by Gasteiger charge is -2.35. The summed E-state index contributed by atoms with van der Waals surface area (Å²) in [6.07, 6.45) is 2.27. The first-order valence-corrected chi connectivity index (χ1v) is 5.18. The molecule has 1 heterocycles. The molecule has 2 nitrogen and oxygen atoms in total. The smallest absolute Gasteiger partial charge is 0.189 e. The van der Waals surface area contributed by atoms with Gasteiger partial charge in [-0.05, 0) is 11.5 Å². The SMILES string of the molecule is CC(C)(C)C1=CC(C(C)(C)C)OCO1. The molecule has 0 bridgehead atoms. The summed E-state index contributed by atoms with van der Waals surface area (Å²) < 4.78 is 11.1. The molecule has 82 valence electrons. The highest BCUT2D eigenvalue weighted by Gasteiger charge is 2.30. The second-order valence-corrected chi connectivity index (χ2v) is 6.00. The van der Waals surface area contributed by atoms with Crippen LogP contribution >= 0.6 is 0 Å². The van der Waals surface area contributed by atoms with Crippen molar-refractivity contribution in [2.75, 3.05) is 6.79 Å². The van der Waals surface area contributed by atoms with Gasteiger partial charge in [-0.1, -0.05) is 41.5 Å². The largest absolute Gasteiger partial charge is 0.472 e. The van der Waals surface area contributed by atoms with E-state index < -0.39 is 0 Å². The van der Waals surface area contributed by atoms with Crippen molar-refractivity contribution < 1.29 is 9.47 Å². The zero-order valence-electron chi connectivity index (χ0n) is 10.2. The van der Waals surface area contributed by atoms with E-state index in [-0.39, 0.29) is 16.9 Å². The van der Waals surface area contributed by atoms with E-state index in [1.807, 2.05) is 0 Å². The second kappa shape index (κ2) is 3.58. The van der Waals surface area contributed by atoms with Gasteiger partial charge in [-0.2, -0.15) is 0 Å². The van der Waals surface area contributed by atoms with Gasteiger partial charge in [0, 0.05) is 5.41 Å². The molecule has 0 aliphatic carbocycles. The number of ether oxygens (including phenoxy) is 2. The molecule has 0 amide bonds. The average molecular weight is 198 g/mol. The van der Waals surface area contributed by atoms with E-state index in [1.165, 1.54) is 0 Å². The van der Waals surface area contributed by atoms with Crippen molar-refractivity contribution in [3.8, 4) is 0 Å². The Hall–Kier alpha value is -0.500. The minimum atomic E-state index is 0.0767. The maximum Gasteiger partial charge on any atom is 0.189 e. The Labute approximate surface area is 87.3 Å². The fraction of sp³-hybridized carbons (Fsp3) is 0.833. The molecule has 2 heteroatoms. The van der Waals surface area contributed by atoms with E-state index >= 15 is 0 Å². The van der Waals surface area contributed by atoms with E-state index in [2.05, 4.69) is 47.6 Å². The summed E-state index contributed by atoms with van der Waals surface area (Å²) in [6.45, 7) is 13.4. The van der Waals surface area contributed by atoms with Crippen molar-refractivity contribution in [3.05, 3.63) is 11.8 Å². The van der Waals surface area contributed by atoms with Crippen LogP contribution in [0.15, 0.2) is 11.8 Å². The van der Waals surface area contributed by atoms with Crippen molar-refractivity contribution in [2.45, 2.75) is 47.6 Å². The average Bonchev–Trinajstić information content (AvgIpc) is 2.01. The second-order valence-electron chi connectivity index (χ2n) is 6.00. The first-order valence-electron chi connectivity index (χ1n) is 5.18. The maximum absolute atomic E-state index is 5.57. The van der Waals surface area contributed by atoms with E-state index in [9.17, 15) is 0 Å². The van der Waals surface area contributed by atoms with Gasteiger partial charge in [0.2, 0.25) is 0 Å². The molecule has 0 radical (unpaired) electrons. The molecule has 0 spiro atoms. The minimum Gasteiger partial charge on any atom is -0.472 e. The molecule has 1 unspecified atom stereocenters. The Bertz CT molecular complexity index is 228. The van der Waals surface area contributed by atoms with Crippen molar-refractivity contribution in [1.82, 2.24) is 0 Å². The van der Waals surface area contributed by atoms with Gasteiger partial charge < -0.3 is 9.47 Å². The van der Waals surface area contributed by atoms with Gasteiger partial charge in [0.15, 0.2) is 6.79 Å². The van der Waals surface area contributed by atoms with Gasteiger partial charge in [-0.3, -0.25) is 0 Å². The van der Waals surface area contributed by atoms with Crippen LogP contribution in [0.5, 0.6) is 0 Å². The number of allylic oxidation sites excluding steroid dienone is 1. The van der Waals surface area contributed by atoms with Crippen LogP contribution in [-0.2, 0) is 9.47 Å². The van der Waals surface area contributed by atoms with Gasteiger partial charge in [0.25, 0.3) is 0 Å². The molecule has 1 aliphatic rings. The molecule has 0 N–H and O–H groups in total. The van der Waals surface area contributed by atoms with Crippen LogP contribution in [0.3, 0.4) is 0 Å². The third-order valence-electron chi connectivity index (χ3n) is 2.36. The van der Waals surface area contributed by atoms with E-state index in [1.54, 1.807) is 0 Å². The Morgan fingerprint density at radius 1 is 1.14 bits per heavy atom. The van der Waals surface area contributed by atoms with Crippen molar-refractivity contribution in [2.24, 2.45) is 10.8 Å². The van der Waals surface area contributed by atoms with E-state index in [0.717, 1.165) is 5.76 Å². The summed E-state index contributed by atoms with van der Waals surface area (Å²) in [5, 5.41) is 0. The summed E-state index contributed by atoms with van der Waals surface area (Å²) in [6, 6.07) is 0.